The number of halogens is 1. The summed E-state index contributed by atoms with van der Waals surface area (Å²) >= 11 is 10.2. The molecule has 1 amide bonds. The van der Waals surface area contributed by atoms with Gasteiger partial charge in [-0.05, 0) is 48.5 Å². The summed E-state index contributed by atoms with van der Waals surface area (Å²) in [7, 11) is 0. The number of amides is 1. The van der Waals surface area contributed by atoms with Gasteiger partial charge in [-0.1, -0.05) is 41.1 Å². The number of carbonyl (C=O) groups is 1. The number of aromatic nitrogens is 1. The Bertz CT molecular complexity index is 1240. The molecule has 0 radical (unpaired) electrons. The first kappa shape index (κ1) is 17.3. The van der Waals surface area contributed by atoms with E-state index in [0.717, 1.165) is 22.1 Å². The fraction of sp³-hybridized carbons (Fsp3) is 0.105. The van der Waals surface area contributed by atoms with Gasteiger partial charge in [0.15, 0.2) is 3.95 Å². The highest BCUT2D eigenvalue weighted by atomic mass is 79.9. The van der Waals surface area contributed by atoms with E-state index in [1.807, 2.05) is 36.4 Å². The van der Waals surface area contributed by atoms with Crippen LogP contribution in [0.25, 0.3) is 11.3 Å². The van der Waals surface area contributed by atoms with E-state index in [4.69, 9.17) is 12.2 Å². The predicted octanol–water partition coefficient (Wildman–Crippen LogP) is 3.66. The van der Waals surface area contributed by atoms with Crippen LogP contribution in [-0.4, -0.2) is 15.6 Å². The van der Waals surface area contributed by atoms with E-state index in [-0.39, 0.29) is 11.8 Å². The van der Waals surface area contributed by atoms with Gasteiger partial charge in [0.05, 0.1) is 16.6 Å². The molecule has 0 fully saturated rings. The summed E-state index contributed by atoms with van der Waals surface area (Å²) in [5, 5.41) is 12.2. The van der Waals surface area contributed by atoms with Crippen molar-refractivity contribution in [2.45, 2.75) is 13.3 Å². The third-order valence-electron chi connectivity index (χ3n) is 4.29. The first-order valence-corrected chi connectivity index (χ1v) is 9.99. The molecular formula is C19H13BrN2O2S2. The van der Waals surface area contributed by atoms with Gasteiger partial charge < -0.3 is 5.11 Å². The quantitative estimate of drug-likeness (QED) is 0.627. The van der Waals surface area contributed by atoms with Crippen molar-refractivity contribution in [2.24, 2.45) is 4.99 Å². The molecule has 0 saturated carbocycles. The van der Waals surface area contributed by atoms with Crippen molar-refractivity contribution >= 4 is 51.0 Å². The molecule has 7 heteroatoms. The third kappa shape index (κ3) is 2.67. The molecule has 1 N–H and O–H groups in total. The van der Waals surface area contributed by atoms with Crippen LogP contribution in [0.15, 0.2) is 51.9 Å². The molecule has 0 bridgehead atoms. The summed E-state index contributed by atoms with van der Waals surface area (Å²) in [6.45, 7) is 2.05. The topological polar surface area (TPSA) is 54.6 Å². The molecular weight excluding hydrogens is 432 g/mol. The van der Waals surface area contributed by atoms with E-state index in [1.165, 1.54) is 11.3 Å². The largest absolute Gasteiger partial charge is 0.493 e. The summed E-state index contributed by atoms with van der Waals surface area (Å²) in [4.78, 5) is 17.1. The number of hydrogen-bond acceptors (Lipinski definition) is 4. The SMILES string of the molecule is CCc1ccccc1-n1c(O)c(C2=c3cc(Br)ccc3=NC2=O)sc1=S. The van der Waals surface area contributed by atoms with Gasteiger partial charge in [0.2, 0.25) is 5.88 Å². The maximum absolute atomic E-state index is 12.5. The molecule has 1 aliphatic rings. The normalized spacial score (nSPS) is 13.0. The number of para-hydroxylation sites is 1. The Morgan fingerprint density at radius 3 is 2.81 bits per heavy atom. The van der Waals surface area contributed by atoms with E-state index >= 15 is 0 Å². The van der Waals surface area contributed by atoms with Crippen LogP contribution in [0.3, 0.4) is 0 Å². The molecule has 1 aliphatic heterocycles. The van der Waals surface area contributed by atoms with Crippen LogP contribution in [0.5, 0.6) is 5.88 Å². The van der Waals surface area contributed by atoms with Gasteiger partial charge >= 0.3 is 0 Å². The van der Waals surface area contributed by atoms with E-state index in [2.05, 4.69) is 27.8 Å². The molecule has 3 aromatic rings. The number of nitrogens with zero attached hydrogens (tertiary/aromatic N) is 2. The number of hydrogen-bond donors (Lipinski definition) is 1. The molecule has 2 heterocycles. The van der Waals surface area contributed by atoms with Gasteiger partial charge in [-0.3, -0.25) is 9.36 Å². The van der Waals surface area contributed by atoms with Crippen molar-refractivity contribution in [3.63, 3.8) is 0 Å². The molecule has 26 heavy (non-hydrogen) atoms. The summed E-state index contributed by atoms with van der Waals surface area (Å²) < 4.78 is 2.96. The monoisotopic (exact) mass is 444 g/mol. The summed E-state index contributed by atoms with van der Waals surface area (Å²) in [5.41, 5.74) is 2.29. The average Bonchev–Trinajstić information content (AvgIpc) is 3.09. The Morgan fingerprint density at radius 2 is 2.04 bits per heavy atom. The summed E-state index contributed by atoms with van der Waals surface area (Å²) in [6, 6.07) is 13.2. The molecule has 0 saturated heterocycles. The molecule has 0 aliphatic carbocycles. The van der Waals surface area contributed by atoms with Crippen LogP contribution in [0.1, 0.15) is 17.4 Å². The fourth-order valence-corrected chi connectivity index (χ4v) is 4.80. The first-order valence-electron chi connectivity index (χ1n) is 7.97. The van der Waals surface area contributed by atoms with Gasteiger partial charge in [-0.15, -0.1) is 11.3 Å². The standard InChI is InChI=1S/C19H13BrN2O2S2/c1-2-10-5-3-4-6-14(10)22-18(24)16(26-19(22)25)15-12-9-11(20)7-8-13(12)21-17(15)23/h3-9,24H,2H2,1H3. The van der Waals surface area contributed by atoms with Gasteiger partial charge in [0.1, 0.15) is 4.88 Å². The van der Waals surface area contributed by atoms with Crippen molar-refractivity contribution in [2.75, 3.05) is 0 Å². The van der Waals surface area contributed by atoms with Gasteiger partial charge in [0, 0.05) is 9.69 Å². The Morgan fingerprint density at radius 1 is 1.27 bits per heavy atom. The second kappa shape index (κ2) is 6.57. The minimum atomic E-state index is -0.361. The van der Waals surface area contributed by atoms with E-state index in [1.54, 1.807) is 10.6 Å². The van der Waals surface area contributed by atoms with Crippen LogP contribution >= 0.6 is 39.5 Å². The van der Waals surface area contributed by atoms with E-state index in [9.17, 15) is 9.90 Å². The average molecular weight is 445 g/mol. The molecule has 0 atom stereocenters. The molecule has 4 nitrogen and oxygen atoms in total. The second-order valence-electron chi connectivity index (χ2n) is 5.79. The maximum atomic E-state index is 12.5. The number of thiazole rings is 1. The predicted molar refractivity (Wildman–Crippen MR) is 108 cm³/mol. The lowest BCUT2D eigenvalue weighted by Gasteiger charge is -2.10. The van der Waals surface area contributed by atoms with Crippen LogP contribution in [-0.2, 0) is 11.2 Å². The van der Waals surface area contributed by atoms with Crippen LogP contribution in [0.2, 0.25) is 0 Å². The number of aromatic hydroxyl groups is 1. The highest BCUT2D eigenvalue weighted by Gasteiger charge is 2.26. The molecule has 130 valence electrons. The smallest absolute Gasteiger partial charge is 0.279 e. The first-order chi connectivity index (χ1) is 12.5. The molecule has 0 spiro atoms. The van der Waals surface area contributed by atoms with E-state index < -0.39 is 0 Å². The lowest BCUT2D eigenvalue weighted by atomic mass is 10.1. The summed E-state index contributed by atoms with van der Waals surface area (Å²) in [6.07, 6.45) is 0.809. The van der Waals surface area contributed by atoms with Crippen molar-refractivity contribution in [1.29, 1.82) is 0 Å². The zero-order valence-corrected chi connectivity index (χ0v) is 16.9. The minimum Gasteiger partial charge on any atom is -0.493 e. The van der Waals surface area contributed by atoms with Crippen LogP contribution < -0.4 is 10.6 Å². The molecule has 2 aromatic carbocycles. The van der Waals surface area contributed by atoms with Crippen molar-refractivity contribution < 1.29 is 9.90 Å². The number of rotatable bonds is 3. The highest BCUT2D eigenvalue weighted by Crippen LogP contribution is 2.35. The fourth-order valence-electron chi connectivity index (χ4n) is 3.08. The van der Waals surface area contributed by atoms with Crippen molar-refractivity contribution in [1.82, 2.24) is 4.57 Å². The maximum Gasteiger partial charge on any atom is 0.279 e. The van der Waals surface area contributed by atoms with Crippen molar-refractivity contribution in [3.8, 4) is 11.6 Å². The Balaban J connectivity index is 2.03. The highest BCUT2D eigenvalue weighted by molar-refractivity contribution is 9.10. The van der Waals surface area contributed by atoms with Gasteiger partial charge in [-0.25, -0.2) is 4.99 Å². The zero-order chi connectivity index (χ0) is 18.4. The molecule has 4 rings (SSSR count). The Labute approximate surface area is 166 Å². The Hall–Kier alpha value is -2.09. The van der Waals surface area contributed by atoms with Crippen LogP contribution in [0.4, 0.5) is 0 Å². The number of carbonyl (C=O) groups excluding carboxylic acids is 1. The third-order valence-corrected chi connectivity index (χ3v) is 6.16. The number of fused-ring (bicyclic) bond motifs is 1. The molecule has 0 unspecified atom stereocenters. The van der Waals surface area contributed by atoms with Gasteiger partial charge in [0.25, 0.3) is 5.91 Å². The second-order valence-corrected chi connectivity index (χ2v) is 8.35. The number of aryl methyl sites for hydroxylation is 1. The minimum absolute atomic E-state index is 0.0210. The zero-order valence-electron chi connectivity index (χ0n) is 13.7. The van der Waals surface area contributed by atoms with Gasteiger partial charge in [-0.2, -0.15) is 0 Å². The van der Waals surface area contributed by atoms with Crippen LogP contribution in [0, 0.1) is 3.95 Å². The Kier molecular flexibility index (Phi) is 4.38. The lowest BCUT2D eigenvalue weighted by molar-refractivity contribution is -0.112. The lowest BCUT2D eigenvalue weighted by Crippen LogP contribution is -2.22. The molecule has 1 aromatic heterocycles. The van der Waals surface area contributed by atoms with E-state index in [0.29, 0.717) is 25.0 Å². The summed E-state index contributed by atoms with van der Waals surface area (Å²) in [5.74, 6) is -0.382. The van der Waals surface area contributed by atoms with Crippen molar-refractivity contribution in [3.05, 3.63) is 71.9 Å². The number of benzene rings is 2.